The Labute approximate surface area is 120 Å². The van der Waals surface area contributed by atoms with Gasteiger partial charge in [-0.25, -0.2) is 0 Å². The summed E-state index contributed by atoms with van der Waals surface area (Å²) < 4.78 is 5.16. The Balaban J connectivity index is 1.86. The van der Waals surface area contributed by atoms with Crippen LogP contribution in [-0.2, 0) is 12.8 Å². The van der Waals surface area contributed by atoms with Gasteiger partial charge in [0.2, 0.25) is 0 Å². The number of ether oxygens (including phenoxy) is 1. The summed E-state index contributed by atoms with van der Waals surface area (Å²) in [5.41, 5.74) is 5.38. The largest absolute Gasteiger partial charge is 0.497 e. The number of pyridine rings is 1. The molecule has 1 unspecified atom stereocenters. The van der Waals surface area contributed by atoms with Gasteiger partial charge in [-0.15, -0.1) is 0 Å². The van der Waals surface area contributed by atoms with Crippen LogP contribution in [0.4, 0.5) is 0 Å². The normalized spacial score (nSPS) is 12.1. The number of hydrogen-bond donors (Lipinski definition) is 2. The first kappa shape index (κ1) is 14.5. The van der Waals surface area contributed by atoms with Gasteiger partial charge < -0.3 is 4.74 Å². The monoisotopic (exact) mass is 271 g/mol. The number of aromatic nitrogens is 1. The van der Waals surface area contributed by atoms with Crippen LogP contribution < -0.4 is 16.0 Å². The van der Waals surface area contributed by atoms with Gasteiger partial charge in [0, 0.05) is 18.4 Å². The smallest absolute Gasteiger partial charge is 0.118 e. The molecular weight excluding hydrogens is 250 g/mol. The van der Waals surface area contributed by atoms with Crippen molar-refractivity contribution in [1.29, 1.82) is 0 Å². The van der Waals surface area contributed by atoms with E-state index >= 15 is 0 Å². The fourth-order valence-corrected chi connectivity index (χ4v) is 2.18. The summed E-state index contributed by atoms with van der Waals surface area (Å²) in [5.74, 6) is 6.53. The minimum atomic E-state index is 0.251. The fraction of sp³-hybridized carbons (Fsp3) is 0.312. The fourth-order valence-electron chi connectivity index (χ4n) is 2.18. The lowest BCUT2D eigenvalue weighted by atomic mass is 10.0. The second kappa shape index (κ2) is 7.62. The van der Waals surface area contributed by atoms with Crippen molar-refractivity contribution in [2.75, 3.05) is 7.11 Å². The predicted molar refractivity (Wildman–Crippen MR) is 80.4 cm³/mol. The molecule has 0 radical (unpaired) electrons. The third-order valence-electron chi connectivity index (χ3n) is 3.38. The van der Waals surface area contributed by atoms with E-state index in [1.54, 1.807) is 13.3 Å². The zero-order chi connectivity index (χ0) is 14.2. The van der Waals surface area contributed by atoms with Gasteiger partial charge >= 0.3 is 0 Å². The van der Waals surface area contributed by atoms with Crippen LogP contribution in [0.25, 0.3) is 0 Å². The van der Waals surface area contributed by atoms with E-state index in [4.69, 9.17) is 10.6 Å². The molecule has 3 N–H and O–H groups in total. The summed E-state index contributed by atoms with van der Waals surface area (Å²) in [6.07, 6.45) is 6.53. The summed E-state index contributed by atoms with van der Waals surface area (Å²) in [6, 6.07) is 12.4. The molecule has 1 heterocycles. The second-order valence-electron chi connectivity index (χ2n) is 4.82. The van der Waals surface area contributed by atoms with Crippen molar-refractivity contribution in [3.63, 3.8) is 0 Å². The lowest BCUT2D eigenvalue weighted by Gasteiger charge is -2.15. The second-order valence-corrected chi connectivity index (χ2v) is 4.82. The molecule has 0 saturated carbocycles. The molecule has 1 aromatic heterocycles. The van der Waals surface area contributed by atoms with E-state index in [0.717, 1.165) is 25.0 Å². The number of rotatable bonds is 7. The van der Waals surface area contributed by atoms with Gasteiger partial charge in [-0.1, -0.05) is 18.2 Å². The summed E-state index contributed by atoms with van der Waals surface area (Å²) in [5, 5.41) is 0. The lowest BCUT2D eigenvalue weighted by Crippen LogP contribution is -2.37. The maximum Gasteiger partial charge on any atom is 0.118 e. The number of hydrazine groups is 1. The van der Waals surface area contributed by atoms with Gasteiger partial charge in [0.05, 0.1) is 7.11 Å². The topological polar surface area (TPSA) is 60.2 Å². The minimum absolute atomic E-state index is 0.251. The van der Waals surface area contributed by atoms with Crippen molar-refractivity contribution in [3.05, 3.63) is 59.9 Å². The summed E-state index contributed by atoms with van der Waals surface area (Å²) in [4.78, 5) is 4.13. The molecule has 0 aliphatic heterocycles. The van der Waals surface area contributed by atoms with Crippen molar-refractivity contribution in [2.24, 2.45) is 5.84 Å². The number of nitrogens with one attached hydrogen (secondary N) is 1. The lowest BCUT2D eigenvalue weighted by molar-refractivity contribution is 0.414. The van der Waals surface area contributed by atoms with Gasteiger partial charge in [0.1, 0.15) is 5.75 Å². The average Bonchev–Trinajstić information content (AvgIpc) is 2.53. The van der Waals surface area contributed by atoms with Crippen molar-refractivity contribution < 1.29 is 4.74 Å². The highest BCUT2D eigenvalue weighted by Crippen LogP contribution is 2.14. The number of nitrogens with two attached hydrogens (primary N) is 1. The van der Waals surface area contributed by atoms with Gasteiger partial charge in [-0.2, -0.15) is 0 Å². The Hall–Kier alpha value is -1.91. The Morgan fingerprint density at radius 1 is 1.20 bits per heavy atom. The number of nitrogens with zero attached hydrogens (tertiary/aromatic N) is 1. The average molecular weight is 271 g/mol. The van der Waals surface area contributed by atoms with E-state index < -0.39 is 0 Å². The quantitative estimate of drug-likeness (QED) is 0.598. The molecule has 4 nitrogen and oxygen atoms in total. The van der Waals surface area contributed by atoms with Crippen LogP contribution >= 0.6 is 0 Å². The first-order valence-electron chi connectivity index (χ1n) is 6.80. The molecule has 1 atom stereocenters. The molecule has 2 rings (SSSR count). The molecule has 1 aromatic carbocycles. The van der Waals surface area contributed by atoms with Crippen molar-refractivity contribution in [2.45, 2.75) is 25.3 Å². The number of methoxy groups -OCH3 is 1. The maximum absolute atomic E-state index is 5.64. The van der Waals surface area contributed by atoms with Gasteiger partial charge in [-0.3, -0.25) is 16.3 Å². The summed E-state index contributed by atoms with van der Waals surface area (Å²) in [7, 11) is 1.68. The van der Waals surface area contributed by atoms with Crippen LogP contribution in [0.3, 0.4) is 0 Å². The van der Waals surface area contributed by atoms with Crippen molar-refractivity contribution in [1.82, 2.24) is 10.4 Å². The maximum atomic E-state index is 5.64. The molecule has 0 aliphatic carbocycles. The Bertz CT molecular complexity index is 499. The van der Waals surface area contributed by atoms with E-state index in [-0.39, 0.29) is 6.04 Å². The Morgan fingerprint density at radius 3 is 2.60 bits per heavy atom. The zero-order valence-corrected chi connectivity index (χ0v) is 11.8. The highest BCUT2D eigenvalue weighted by atomic mass is 16.5. The van der Waals surface area contributed by atoms with Crippen LogP contribution in [0.15, 0.2) is 48.8 Å². The van der Waals surface area contributed by atoms with E-state index in [9.17, 15) is 0 Å². The third kappa shape index (κ3) is 4.33. The van der Waals surface area contributed by atoms with E-state index in [1.165, 1.54) is 11.1 Å². The molecule has 106 valence electrons. The first-order valence-corrected chi connectivity index (χ1v) is 6.80. The molecule has 0 amide bonds. The zero-order valence-electron chi connectivity index (χ0n) is 11.8. The number of hydrogen-bond acceptors (Lipinski definition) is 4. The number of benzene rings is 1. The summed E-state index contributed by atoms with van der Waals surface area (Å²) in [6.45, 7) is 0. The summed E-state index contributed by atoms with van der Waals surface area (Å²) >= 11 is 0. The van der Waals surface area contributed by atoms with E-state index in [0.29, 0.717) is 0 Å². The highest BCUT2D eigenvalue weighted by molar-refractivity contribution is 5.27. The molecule has 4 heteroatoms. The molecule has 0 saturated heterocycles. The Kier molecular flexibility index (Phi) is 5.53. The van der Waals surface area contributed by atoms with Crippen LogP contribution in [0.5, 0.6) is 5.75 Å². The third-order valence-corrected chi connectivity index (χ3v) is 3.38. The highest BCUT2D eigenvalue weighted by Gasteiger charge is 2.08. The molecule has 0 spiro atoms. The standard InChI is InChI=1S/C16H21N3O/c1-20-16-8-5-13(6-9-16)4-7-15(19-17)11-14-3-2-10-18-12-14/h2-3,5-6,8-10,12,15,19H,4,7,11,17H2,1H3. The molecule has 0 aliphatic rings. The van der Waals surface area contributed by atoms with Gasteiger partial charge in [0.15, 0.2) is 0 Å². The SMILES string of the molecule is COc1ccc(CCC(Cc2cccnc2)NN)cc1. The molecule has 0 fully saturated rings. The van der Waals surface area contributed by atoms with Crippen LogP contribution in [0.2, 0.25) is 0 Å². The molecule has 20 heavy (non-hydrogen) atoms. The predicted octanol–water partition coefficient (Wildman–Crippen LogP) is 2.10. The van der Waals surface area contributed by atoms with E-state index in [1.807, 2.05) is 24.4 Å². The number of aryl methyl sites for hydroxylation is 1. The van der Waals surface area contributed by atoms with Crippen LogP contribution in [-0.4, -0.2) is 18.1 Å². The van der Waals surface area contributed by atoms with Crippen molar-refractivity contribution >= 4 is 0 Å². The van der Waals surface area contributed by atoms with Crippen LogP contribution in [0, 0.1) is 0 Å². The molecular formula is C16H21N3O. The van der Waals surface area contributed by atoms with E-state index in [2.05, 4.69) is 28.6 Å². The first-order chi connectivity index (χ1) is 9.81. The Morgan fingerprint density at radius 2 is 2.00 bits per heavy atom. The van der Waals surface area contributed by atoms with Gasteiger partial charge in [-0.05, 0) is 48.6 Å². The minimum Gasteiger partial charge on any atom is -0.497 e. The van der Waals surface area contributed by atoms with Crippen molar-refractivity contribution in [3.8, 4) is 5.75 Å². The molecule has 2 aromatic rings. The van der Waals surface area contributed by atoms with Crippen LogP contribution in [0.1, 0.15) is 17.5 Å². The van der Waals surface area contributed by atoms with Gasteiger partial charge in [0.25, 0.3) is 0 Å². The molecule has 0 bridgehead atoms.